The summed E-state index contributed by atoms with van der Waals surface area (Å²) in [6, 6.07) is 32.4. The van der Waals surface area contributed by atoms with E-state index in [1.165, 1.54) is 26.3 Å². The van der Waals surface area contributed by atoms with Crippen LogP contribution in [0.5, 0.6) is 17.2 Å². The van der Waals surface area contributed by atoms with Gasteiger partial charge in [-0.3, -0.25) is 43.5 Å². The predicted octanol–water partition coefficient (Wildman–Crippen LogP) is 8.91. The van der Waals surface area contributed by atoms with Crippen LogP contribution in [0.1, 0.15) is 97.0 Å². The molecule has 20 nitrogen and oxygen atoms in total. The maximum Gasteiger partial charge on any atom is 0.257 e. The Balaban J connectivity index is 0.737. The number of amides is 7. The summed E-state index contributed by atoms with van der Waals surface area (Å²) in [5.74, 6) is -1.08. The van der Waals surface area contributed by atoms with Gasteiger partial charge in [-0.25, -0.2) is 13.1 Å². The summed E-state index contributed by atoms with van der Waals surface area (Å²) >= 11 is 6.66. The largest absolute Gasteiger partial charge is 0.493 e. The van der Waals surface area contributed by atoms with Gasteiger partial charge in [-0.2, -0.15) is 0 Å². The van der Waals surface area contributed by atoms with E-state index in [4.69, 9.17) is 30.8 Å². The smallest absolute Gasteiger partial charge is 0.257 e. The van der Waals surface area contributed by atoms with Gasteiger partial charge < -0.3 is 40.0 Å². The number of carbonyl (C=O) groups is 7. The van der Waals surface area contributed by atoms with Gasteiger partial charge in [0.15, 0.2) is 11.5 Å². The summed E-state index contributed by atoms with van der Waals surface area (Å²) in [6.45, 7) is 6.44. The van der Waals surface area contributed by atoms with Crippen molar-refractivity contribution in [3.05, 3.63) is 167 Å². The van der Waals surface area contributed by atoms with Crippen molar-refractivity contribution in [1.29, 1.82) is 0 Å². The van der Waals surface area contributed by atoms with E-state index in [9.17, 15) is 42.0 Å². The number of fused-ring (bicyclic) bond motifs is 5. The average molecular weight is 1260 g/mol. The molecule has 4 heterocycles. The number of benzene rings is 6. The van der Waals surface area contributed by atoms with Gasteiger partial charge in [-0.15, -0.1) is 11.6 Å². The first-order valence-electron chi connectivity index (χ1n) is 29.9. The Bertz CT molecular complexity index is 3970. The van der Waals surface area contributed by atoms with Crippen LogP contribution in [0.25, 0.3) is 16.3 Å². The van der Waals surface area contributed by atoms with E-state index in [1.807, 2.05) is 72.8 Å². The first-order chi connectivity index (χ1) is 43.3. The molecular formula is C68H71ClN8O12S. The van der Waals surface area contributed by atoms with Crippen LogP contribution in [-0.4, -0.2) is 124 Å². The van der Waals surface area contributed by atoms with Gasteiger partial charge in [-0.1, -0.05) is 99.1 Å². The lowest BCUT2D eigenvalue weighted by atomic mass is 9.94. The third kappa shape index (κ3) is 14.4. The number of nitrogens with one attached hydrogen (secondary N) is 4. The number of carbonyl (C=O) groups excluding carboxylic acids is 7. The number of unbranched alkanes of at least 4 members (excludes halogenated alkanes) is 2. The highest BCUT2D eigenvalue weighted by Crippen LogP contribution is 2.46. The van der Waals surface area contributed by atoms with Gasteiger partial charge in [0.1, 0.15) is 31.0 Å². The predicted molar refractivity (Wildman–Crippen MR) is 344 cm³/mol. The van der Waals surface area contributed by atoms with E-state index in [1.54, 1.807) is 85.3 Å². The average Bonchev–Trinajstić information content (AvgIpc) is 1.58. The lowest BCUT2D eigenvalue weighted by Gasteiger charge is -2.32. The minimum absolute atomic E-state index is 0.0875. The molecule has 0 fully saturated rings. The molecule has 4 aliphatic heterocycles. The number of imide groups is 1. The maximum atomic E-state index is 14.5. The molecule has 468 valence electrons. The molecule has 90 heavy (non-hydrogen) atoms. The SMILES string of the molecule is CNS(=O)(=O)c1ccc(C2=CCN3C(=O)c4cc(OC)c(OCc5cccc(CC(=O)N6C[C@@H](CCl)c7c6cc(OCc6ccc(NC(=O)[C@H](C)NC(=O)C(NC(=O)CCCCCN8C(=O)C=CC8=O)C(C)C)cc6)c6ccccc76)c5)cc4N=C[C@@H]3C2)cc1. The van der Waals surface area contributed by atoms with Crippen LogP contribution >= 0.6 is 11.6 Å². The fourth-order valence-electron chi connectivity index (χ4n) is 11.5. The van der Waals surface area contributed by atoms with Crippen molar-refractivity contribution in [3.8, 4) is 17.2 Å². The number of halogens is 1. The number of rotatable bonds is 25. The molecule has 0 radical (unpaired) electrons. The molecule has 0 saturated heterocycles. The number of alkyl halides is 1. The second-order valence-electron chi connectivity index (χ2n) is 22.9. The molecule has 0 saturated carbocycles. The number of aliphatic imine (C=N–C) groups is 1. The number of hydrogen-bond donors (Lipinski definition) is 4. The van der Waals surface area contributed by atoms with Crippen molar-refractivity contribution in [2.45, 2.75) is 101 Å². The normalized spacial score (nSPS) is 16.7. The number of hydrogen-bond acceptors (Lipinski definition) is 13. The zero-order chi connectivity index (χ0) is 63.8. The lowest BCUT2D eigenvalue weighted by molar-refractivity contribution is -0.137. The molecule has 0 aliphatic carbocycles. The van der Waals surface area contributed by atoms with Crippen LogP contribution in [0.2, 0.25) is 0 Å². The second-order valence-corrected chi connectivity index (χ2v) is 25.1. The highest BCUT2D eigenvalue weighted by molar-refractivity contribution is 7.89. The quantitative estimate of drug-likeness (QED) is 0.0238. The van der Waals surface area contributed by atoms with Crippen molar-refractivity contribution in [2.24, 2.45) is 10.9 Å². The minimum Gasteiger partial charge on any atom is -0.493 e. The Hall–Kier alpha value is -9.18. The van der Waals surface area contributed by atoms with Gasteiger partial charge >= 0.3 is 0 Å². The van der Waals surface area contributed by atoms with Gasteiger partial charge in [0, 0.05) is 79.4 Å². The zero-order valence-electron chi connectivity index (χ0n) is 50.6. The first kappa shape index (κ1) is 63.8. The monoisotopic (exact) mass is 1260 g/mol. The zero-order valence-corrected chi connectivity index (χ0v) is 52.2. The minimum atomic E-state index is -3.59. The molecule has 0 aromatic heterocycles. The fraction of sp³-hybridized carbons (Fsp3) is 0.324. The molecule has 4 aliphatic rings. The number of methoxy groups -OCH3 is 1. The topological polar surface area (TPSA) is 252 Å². The van der Waals surface area contributed by atoms with Crippen molar-refractivity contribution in [1.82, 2.24) is 25.2 Å². The molecule has 0 bridgehead atoms. The summed E-state index contributed by atoms with van der Waals surface area (Å²) in [5, 5.41) is 10.2. The molecule has 0 spiro atoms. The van der Waals surface area contributed by atoms with Crippen molar-refractivity contribution in [3.63, 3.8) is 0 Å². The Kier molecular flexibility index (Phi) is 19.9. The highest BCUT2D eigenvalue weighted by atomic mass is 35.5. The van der Waals surface area contributed by atoms with E-state index in [-0.39, 0.29) is 84.9 Å². The molecule has 6 aromatic carbocycles. The number of sulfonamides is 1. The van der Waals surface area contributed by atoms with Crippen LogP contribution in [0, 0.1) is 5.92 Å². The lowest BCUT2D eigenvalue weighted by Crippen LogP contribution is -2.53. The molecule has 1 unspecified atom stereocenters. The van der Waals surface area contributed by atoms with Crippen LogP contribution in [0.3, 0.4) is 0 Å². The molecule has 4 N–H and O–H groups in total. The molecule has 4 atom stereocenters. The second kappa shape index (κ2) is 28.1. The van der Waals surface area contributed by atoms with E-state index in [0.29, 0.717) is 78.8 Å². The molecule has 10 rings (SSSR count). The van der Waals surface area contributed by atoms with Crippen LogP contribution in [0.15, 0.2) is 143 Å². The third-order valence-electron chi connectivity index (χ3n) is 16.5. The Morgan fingerprint density at radius 3 is 2.18 bits per heavy atom. The Morgan fingerprint density at radius 1 is 0.756 bits per heavy atom. The Morgan fingerprint density at radius 2 is 1.47 bits per heavy atom. The van der Waals surface area contributed by atoms with Crippen molar-refractivity contribution >= 4 is 103 Å². The van der Waals surface area contributed by atoms with Gasteiger partial charge in [0.05, 0.1) is 41.4 Å². The molecule has 7 amide bonds. The van der Waals surface area contributed by atoms with Gasteiger partial charge in [0.2, 0.25) is 33.7 Å². The van der Waals surface area contributed by atoms with Gasteiger partial charge in [-0.05, 0) is 108 Å². The number of anilines is 2. The number of ether oxygens (including phenoxy) is 3. The summed E-state index contributed by atoms with van der Waals surface area (Å²) < 4.78 is 45.6. The standard InChI is InChI=1S/C68H71ClN8O12S/c1-41(2)65(74-60(78)16-7-6-10-28-76-61(79)25-26-62(76)80)67(83)72-42(3)66(82)73-49-21-17-43(18-22-49)39-88-57-35-56-64(53-15-9-8-14-52(53)57)48(36-69)38-77(56)63(81)31-44-12-11-13-45(30-44)40-89-59-34-55-54(33-58(59)87-5)68(84)75-29-27-47(32-50(75)37-71-55)46-19-23-51(24-20-46)90(85,86)70-4/h8-9,11-15,17-27,30,33-35,37,41-42,48,50,65,70H,6-7,10,16,28-29,31-32,36,38-40H2,1-5H3,(H,72,83)(H,73,82)(H,74,78)/t42-,48+,50-,65?/m0/s1. The van der Waals surface area contributed by atoms with Crippen LogP contribution in [-0.2, 0) is 58.4 Å². The summed E-state index contributed by atoms with van der Waals surface area (Å²) in [7, 11) is -0.713. The summed E-state index contributed by atoms with van der Waals surface area (Å²) in [5.41, 5.74) is 7.19. The van der Waals surface area contributed by atoms with E-state index in [2.05, 4.69) is 20.7 Å². The van der Waals surface area contributed by atoms with E-state index >= 15 is 0 Å². The van der Waals surface area contributed by atoms with Crippen LogP contribution in [0.4, 0.5) is 17.1 Å². The molecule has 6 aromatic rings. The van der Waals surface area contributed by atoms with Crippen LogP contribution < -0.4 is 39.8 Å². The molecule has 22 heteroatoms. The third-order valence-corrected chi connectivity index (χ3v) is 18.3. The molecular weight excluding hydrogens is 1190 g/mol. The Labute approximate surface area is 527 Å². The summed E-state index contributed by atoms with van der Waals surface area (Å²) in [4.78, 5) is 101. The fourth-order valence-corrected chi connectivity index (χ4v) is 12.5. The van der Waals surface area contributed by atoms with Gasteiger partial charge in [0.25, 0.3) is 17.7 Å². The van der Waals surface area contributed by atoms with E-state index < -0.39 is 33.9 Å². The highest BCUT2D eigenvalue weighted by Gasteiger charge is 2.36. The van der Waals surface area contributed by atoms with Crippen molar-refractivity contribution in [2.75, 3.05) is 49.9 Å². The summed E-state index contributed by atoms with van der Waals surface area (Å²) in [6.07, 6.45) is 8.61. The maximum absolute atomic E-state index is 14.5. The van der Waals surface area contributed by atoms with E-state index in [0.717, 1.165) is 54.8 Å². The number of nitrogens with zero attached hydrogens (tertiary/aromatic N) is 4. The first-order valence-corrected chi connectivity index (χ1v) is 31.9. The van der Waals surface area contributed by atoms with Crippen molar-refractivity contribution < 1.29 is 56.2 Å².